The zero-order chi connectivity index (χ0) is 22.4. The fourth-order valence-electron chi connectivity index (χ4n) is 2.90. The van der Waals surface area contributed by atoms with Crippen LogP contribution in [-0.2, 0) is 16.1 Å². The molecule has 0 saturated heterocycles. The molecule has 1 aromatic heterocycles. The summed E-state index contributed by atoms with van der Waals surface area (Å²) in [4.78, 5) is 30.0. The third kappa shape index (κ3) is 5.49. The number of nitrogens with one attached hydrogen (secondary N) is 1. The number of benzene rings is 2. The van der Waals surface area contributed by atoms with Crippen molar-refractivity contribution in [2.24, 2.45) is 0 Å². The summed E-state index contributed by atoms with van der Waals surface area (Å²) >= 11 is 7.21. The molecule has 31 heavy (non-hydrogen) atoms. The summed E-state index contributed by atoms with van der Waals surface area (Å²) < 4.78 is 17.1. The molecular weight excluding hydrogens is 442 g/mol. The molecule has 1 amide bonds. The van der Waals surface area contributed by atoms with Gasteiger partial charge in [0.05, 0.1) is 44.0 Å². The van der Waals surface area contributed by atoms with E-state index in [0.29, 0.717) is 51.4 Å². The first-order chi connectivity index (χ1) is 15.0. The lowest BCUT2D eigenvalue weighted by atomic mass is 10.2. The Morgan fingerprint density at radius 3 is 2.61 bits per heavy atom. The van der Waals surface area contributed by atoms with Crippen LogP contribution in [0.1, 0.15) is 0 Å². The van der Waals surface area contributed by atoms with Gasteiger partial charge in [0.2, 0.25) is 5.91 Å². The van der Waals surface area contributed by atoms with Crippen LogP contribution in [0.2, 0.25) is 5.02 Å². The van der Waals surface area contributed by atoms with Crippen molar-refractivity contribution in [1.29, 1.82) is 0 Å². The van der Waals surface area contributed by atoms with E-state index in [1.807, 2.05) is 0 Å². The Labute approximate surface area is 188 Å². The predicted octanol–water partition coefficient (Wildman–Crippen LogP) is 3.44. The van der Waals surface area contributed by atoms with Gasteiger partial charge in [-0.3, -0.25) is 14.2 Å². The second-order valence-electron chi connectivity index (χ2n) is 6.41. The van der Waals surface area contributed by atoms with Crippen LogP contribution in [0.3, 0.4) is 0 Å². The van der Waals surface area contributed by atoms with Crippen LogP contribution in [-0.4, -0.2) is 49.1 Å². The van der Waals surface area contributed by atoms with Gasteiger partial charge in [-0.25, -0.2) is 4.98 Å². The van der Waals surface area contributed by atoms with Crippen molar-refractivity contribution in [1.82, 2.24) is 9.55 Å². The van der Waals surface area contributed by atoms with E-state index in [9.17, 15) is 9.59 Å². The number of methoxy groups -OCH3 is 3. The molecule has 0 radical (unpaired) electrons. The molecule has 3 aromatic rings. The van der Waals surface area contributed by atoms with Gasteiger partial charge in [0.1, 0.15) is 0 Å². The summed E-state index contributed by atoms with van der Waals surface area (Å²) in [5.41, 5.74) is 0.841. The average molecular weight is 464 g/mol. The number of halogens is 1. The third-order valence-corrected chi connectivity index (χ3v) is 5.61. The van der Waals surface area contributed by atoms with Crippen LogP contribution >= 0.6 is 23.4 Å². The molecule has 0 aliphatic rings. The first-order valence-corrected chi connectivity index (χ1v) is 10.7. The zero-order valence-corrected chi connectivity index (χ0v) is 18.9. The molecule has 1 heterocycles. The smallest absolute Gasteiger partial charge is 0.262 e. The fraction of sp³-hybridized carbons (Fsp3) is 0.286. The van der Waals surface area contributed by atoms with Crippen molar-refractivity contribution >= 4 is 45.9 Å². The van der Waals surface area contributed by atoms with Gasteiger partial charge in [-0.15, -0.1) is 0 Å². The summed E-state index contributed by atoms with van der Waals surface area (Å²) in [5.74, 6) is 0.876. The Hall–Kier alpha value is -2.75. The Balaban J connectivity index is 1.80. The van der Waals surface area contributed by atoms with Crippen LogP contribution < -0.4 is 20.3 Å². The highest BCUT2D eigenvalue weighted by Crippen LogP contribution is 2.30. The number of carbonyl (C=O) groups is 1. The van der Waals surface area contributed by atoms with E-state index < -0.39 is 0 Å². The van der Waals surface area contributed by atoms with E-state index in [2.05, 4.69) is 10.3 Å². The van der Waals surface area contributed by atoms with Crippen molar-refractivity contribution in [3.05, 3.63) is 51.8 Å². The van der Waals surface area contributed by atoms with Crippen molar-refractivity contribution < 1.29 is 19.0 Å². The first kappa shape index (κ1) is 22.9. The zero-order valence-electron chi connectivity index (χ0n) is 17.3. The number of amides is 1. The highest BCUT2D eigenvalue weighted by atomic mass is 35.5. The predicted molar refractivity (Wildman–Crippen MR) is 122 cm³/mol. The standard InChI is InChI=1S/C21H22ClN3O5S/c1-28-9-8-25-20(27)15-6-4-13(22)10-16(15)24-21(25)31-12-19(26)23-14-5-7-17(29-2)18(11-14)30-3/h4-7,10-11H,8-9,12H2,1-3H3,(H,23,26). The minimum absolute atomic E-state index is 0.0554. The molecule has 0 aliphatic carbocycles. The molecule has 8 nitrogen and oxygen atoms in total. The van der Waals surface area contributed by atoms with E-state index in [1.165, 1.54) is 11.7 Å². The minimum Gasteiger partial charge on any atom is -0.493 e. The molecule has 0 atom stereocenters. The minimum atomic E-state index is -0.254. The van der Waals surface area contributed by atoms with Gasteiger partial charge in [-0.2, -0.15) is 0 Å². The summed E-state index contributed by atoms with van der Waals surface area (Å²) in [6.07, 6.45) is 0. The molecule has 2 aromatic carbocycles. The molecule has 0 bridgehead atoms. The number of fused-ring (bicyclic) bond motifs is 1. The highest BCUT2D eigenvalue weighted by Gasteiger charge is 2.14. The number of carbonyl (C=O) groups excluding carboxylic acids is 1. The number of ether oxygens (including phenoxy) is 3. The summed E-state index contributed by atoms with van der Waals surface area (Å²) in [6, 6.07) is 10.0. The fourth-order valence-corrected chi connectivity index (χ4v) is 3.90. The topological polar surface area (TPSA) is 91.7 Å². The molecule has 3 rings (SSSR count). The van der Waals surface area contributed by atoms with E-state index in [4.69, 9.17) is 25.8 Å². The Kier molecular flexibility index (Phi) is 7.78. The summed E-state index contributed by atoms with van der Waals surface area (Å²) in [6.45, 7) is 0.659. The molecule has 0 spiro atoms. The average Bonchev–Trinajstić information content (AvgIpc) is 2.76. The van der Waals surface area contributed by atoms with E-state index in [1.54, 1.807) is 50.6 Å². The van der Waals surface area contributed by atoms with Crippen LogP contribution in [0, 0.1) is 0 Å². The number of nitrogens with zero attached hydrogens (tertiary/aromatic N) is 2. The molecule has 0 unspecified atom stereocenters. The van der Waals surface area contributed by atoms with Crippen molar-refractivity contribution in [3.8, 4) is 11.5 Å². The lowest BCUT2D eigenvalue weighted by molar-refractivity contribution is -0.113. The molecule has 1 N–H and O–H groups in total. The van der Waals surface area contributed by atoms with E-state index in [0.717, 1.165) is 11.8 Å². The molecule has 0 fully saturated rings. The number of hydrogen-bond donors (Lipinski definition) is 1. The number of thioether (sulfide) groups is 1. The normalized spacial score (nSPS) is 10.8. The molecule has 0 aliphatic heterocycles. The van der Waals surface area contributed by atoms with Crippen molar-refractivity contribution in [2.75, 3.05) is 39.0 Å². The Bertz CT molecular complexity index is 1150. The van der Waals surface area contributed by atoms with Gasteiger partial charge in [0.25, 0.3) is 5.56 Å². The van der Waals surface area contributed by atoms with Crippen molar-refractivity contribution in [2.45, 2.75) is 11.7 Å². The highest BCUT2D eigenvalue weighted by molar-refractivity contribution is 7.99. The maximum Gasteiger partial charge on any atom is 0.262 e. The second-order valence-corrected chi connectivity index (χ2v) is 7.79. The molecule has 0 saturated carbocycles. The maximum atomic E-state index is 12.9. The van der Waals surface area contributed by atoms with Crippen LogP contribution in [0.15, 0.2) is 46.3 Å². The lowest BCUT2D eigenvalue weighted by Gasteiger charge is -2.13. The number of hydrogen-bond acceptors (Lipinski definition) is 7. The van der Waals surface area contributed by atoms with Crippen LogP contribution in [0.25, 0.3) is 10.9 Å². The Morgan fingerprint density at radius 1 is 1.13 bits per heavy atom. The van der Waals surface area contributed by atoms with Crippen LogP contribution in [0.4, 0.5) is 5.69 Å². The SMILES string of the molecule is COCCn1c(SCC(=O)Nc2ccc(OC)c(OC)c2)nc2cc(Cl)ccc2c1=O. The summed E-state index contributed by atoms with van der Waals surface area (Å²) in [5, 5.41) is 4.16. The second kappa shape index (κ2) is 10.5. The van der Waals surface area contributed by atoms with Gasteiger partial charge in [-0.1, -0.05) is 23.4 Å². The first-order valence-electron chi connectivity index (χ1n) is 9.30. The maximum absolute atomic E-state index is 12.9. The number of aromatic nitrogens is 2. The van der Waals surface area contributed by atoms with Gasteiger partial charge < -0.3 is 19.5 Å². The van der Waals surface area contributed by atoms with Gasteiger partial charge >= 0.3 is 0 Å². The van der Waals surface area contributed by atoms with E-state index in [-0.39, 0.29) is 17.2 Å². The monoisotopic (exact) mass is 463 g/mol. The van der Waals surface area contributed by atoms with Gasteiger partial charge in [-0.05, 0) is 30.3 Å². The molecular formula is C21H22ClN3O5S. The quantitative estimate of drug-likeness (QED) is 0.384. The lowest BCUT2D eigenvalue weighted by Crippen LogP contribution is -2.26. The third-order valence-electron chi connectivity index (χ3n) is 4.40. The number of anilines is 1. The molecule has 164 valence electrons. The van der Waals surface area contributed by atoms with Gasteiger partial charge in [0.15, 0.2) is 16.7 Å². The van der Waals surface area contributed by atoms with Crippen molar-refractivity contribution in [3.63, 3.8) is 0 Å². The molecule has 10 heteroatoms. The van der Waals surface area contributed by atoms with Gasteiger partial charge in [0, 0.05) is 23.9 Å². The largest absolute Gasteiger partial charge is 0.493 e. The van der Waals surface area contributed by atoms with E-state index >= 15 is 0 Å². The number of rotatable bonds is 9. The summed E-state index contributed by atoms with van der Waals surface area (Å²) in [7, 11) is 4.62. The Morgan fingerprint density at radius 2 is 1.90 bits per heavy atom. The van der Waals surface area contributed by atoms with Crippen LogP contribution in [0.5, 0.6) is 11.5 Å².